The summed E-state index contributed by atoms with van der Waals surface area (Å²) in [5, 5.41) is 10.4. The Bertz CT molecular complexity index is 438. The van der Waals surface area contributed by atoms with Crippen LogP contribution in [-0.4, -0.2) is 17.5 Å². The largest absolute Gasteiger partial charge is 0.461 e. The molecule has 86 valence electrons. The molecule has 7 heteroatoms. The second-order valence-electron chi connectivity index (χ2n) is 2.75. The molecular formula is C9H10N2O4S. The summed E-state index contributed by atoms with van der Waals surface area (Å²) in [5.74, 6) is -0.626. The molecular weight excluding hydrogens is 232 g/mol. The van der Waals surface area contributed by atoms with Crippen molar-refractivity contribution in [3.8, 4) is 0 Å². The zero-order valence-corrected chi connectivity index (χ0v) is 9.32. The Morgan fingerprint density at radius 2 is 2.38 bits per heavy atom. The van der Waals surface area contributed by atoms with Gasteiger partial charge in [-0.05, 0) is 19.1 Å². The average Bonchev–Trinajstić information content (AvgIpc) is 2.66. The van der Waals surface area contributed by atoms with Gasteiger partial charge in [0.1, 0.15) is 5.70 Å². The number of hydrogen-bond acceptors (Lipinski definition) is 6. The molecule has 6 nitrogen and oxygen atoms in total. The van der Waals surface area contributed by atoms with Gasteiger partial charge in [-0.25, -0.2) is 4.79 Å². The number of nitrogens with zero attached hydrogens (tertiary/aromatic N) is 1. The predicted molar refractivity (Wildman–Crippen MR) is 59.8 cm³/mol. The van der Waals surface area contributed by atoms with E-state index < -0.39 is 10.9 Å². The van der Waals surface area contributed by atoms with Gasteiger partial charge in [0.05, 0.1) is 11.5 Å². The standard InChI is InChI=1S/C9H10N2O4S/c1-2-15-9(12)7(10)5-6-3-4-8(16-6)11(13)14/h3-5H,2,10H2,1H3/b7-5-. The van der Waals surface area contributed by atoms with Crippen molar-refractivity contribution in [2.75, 3.05) is 6.61 Å². The Hall–Kier alpha value is -1.89. The summed E-state index contributed by atoms with van der Waals surface area (Å²) in [5.41, 5.74) is 5.37. The lowest BCUT2D eigenvalue weighted by Gasteiger charge is -1.99. The number of rotatable bonds is 4. The molecule has 0 aliphatic rings. The van der Waals surface area contributed by atoms with Crippen molar-refractivity contribution in [1.29, 1.82) is 0 Å². The monoisotopic (exact) mass is 242 g/mol. The molecule has 0 spiro atoms. The second-order valence-corrected chi connectivity index (χ2v) is 3.85. The maximum Gasteiger partial charge on any atom is 0.354 e. The molecule has 0 radical (unpaired) electrons. The molecule has 16 heavy (non-hydrogen) atoms. The van der Waals surface area contributed by atoms with Gasteiger partial charge in [-0.3, -0.25) is 10.1 Å². The summed E-state index contributed by atoms with van der Waals surface area (Å²) in [6.45, 7) is 1.90. The van der Waals surface area contributed by atoms with Gasteiger partial charge >= 0.3 is 11.0 Å². The predicted octanol–water partition coefficient (Wildman–Crippen LogP) is 1.52. The van der Waals surface area contributed by atoms with Crippen molar-refractivity contribution < 1.29 is 14.5 Å². The molecule has 1 heterocycles. The quantitative estimate of drug-likeness (QED) is 0.374. The van der Waals surface area contributed by atoms with Gasteiger partial charge in [0.15, 0.2) is 0 Å². The molecule has 0 fully saturated rings. The number of carbonyl (C=O) groups is 1. The van der Waals surface area contributed by atoms with Crippen LogP contribution in [-0.2, 0) is 9.53 Å². The normalized spacial score (nSPS) is 11.2. The Labute approximate surface area is 95.5 Å². The SMILES string of the molecule is CCOC(=O)/C(N)=C/c1ccc([N+](=O)[O-])s1. The molecule has 1 aromatic rings. The number of esters is 1. The van der Waals surface area contributed by atoms with Gasteiger partial charge in [-0.15, -0.1) is 0 Å². The van der Waals surface area contributed by atoms with E-state index in [-0.39, 0.29) is 17.3 Å². The lowest BCUT2D eigenvalue weighted by molar-refractivity contribution is -0.380. The fourth-order valence-corrected chi connectivity index (χ4v) is 1.72. The summed E-state index contributed by atoms with van der Waals surface area (Å²) < 4.78 is 4.67. The van der Waals surface area contributed by atoms with Crippen molar-refractivity contribution in [3.05, 3.63) is 32.8 Å². The smallest absolute Gasteiger partial charge is 0.354 e. The summed E-state index contributed by atoms with van der Waals surface area (Å²) in [4.78, 5) is 21.6. The number of nitrogens with two attached hydrogens (primary N) is 1. The topological polar surface area (TPSA) is 95.5 Å². The van der Waals surface area contributed by atoms with E-state index in [0.717, 1.165) is 11.3 Å². The van der Waals surface area contributed by atoms with Crippen molar-refractivity contribution >= 4 is 28.4 Å². The summed E-state index contributed by atoms with van der Waals surface area (Å²) in [6, 6.07) is 2.88. The van der Waals surface area contributed by atoms with Crippen molar-refractivity contribution in [3.63, 3.8) is 0 Å². The second kappa shape index (κ2) is 5.26. The number of nitro groups is 1. The number of hydrogen-bond donors (Lipinski definition) is 1. The highest BCUT2D eigenvalue weighted by Gasteiger charge is 2.10. The third-order valence-electron chi connectivity index (χ3n) is 1.60. The first kappa shape index (κ1) is 12.2. The van der Waals surface area contributed by atoms with Gasteiger partial charge in [0.2, 0.25) is 0 Å². The summed E-state index contributed by atoms with van der Waals surface area (Å²) >= 11 is 0.942. The van der Waals surface area contributed by atoms with Crippen molar-refractivity contribution in [2.24, 2.45) is 5.73 Å². The third-order valence-corrected chi connectivity index (χ3v) is 2.59. The molecule has 0 bridgehead atoms. The highest BCUT2D eigenvalue weighted by molar-refractivity contribution is 7.16. The van der Waals surface area contributed by atoms with Crippen LogP contribution in [0.5, 0.6) is 0 Å². The third kappa shape index (κ3) is 3.06. The Kier molecular flexibility index (Phi) is 4.01. The maximum absolute atomic E-state index is 11.1. The van der Waals surface area contributed by atoms with Gasteiger partial charge in [-0.1, -0.05) is 11.3 Å². The van der Waals surface area contributed by atoms with Crippen molar-refractivity contribution in [1.82, 2.24) is 0 Å². The zero-order valence-electron chi connectivity index (χ0n) is 8.50. The molecule has 0 aliphatic carbocycles. The minimum absolute atomic E-state index is 0.00269. The van der Waals surface area contributed by atoms with Gasteiger partial charge < -0.3 is 10.5 Å². The molecule has 0 atom stereocenters. The molecule has 2 N–H and O–H groups in total. The van der Waals surface area contributed by atoms with Crippen molar-refractivity contribution in [2.45, 2.75) is 6.92 Å². The highest BCUT2D eigenvalue weighted by atomic mass is 32.1. The van der Waals surface area contributed by atoms with Crippen LogP contribution < -0.4 is 5.73 Å². The lowest BCUT2D eigenvalue weighted by Crippen LogP contribution is -2.14. The average molecular weight is 242 g/mol. The van der Waals surface area contributed by atoms with Gasteiger partial charge in [0, 0.05) is 10.9 Å². The van der Waals surface area contributed by atoms with Crippen LogP contribution in [0.15, 0.2) is 17.8 Å². The first-order chi connectivity index (χ1) is 7.54. The molecule has 1 aromatic heterocycles. The van der Waals surface area contributed by atoms with Gasteiger partial charge in [-0.2, -0.15) is 0 Å². The van der Waals surface area contributed by atoms with Crippen LogP contribution in [0, 0.1) is 10.1 Å². The number of thiophene rings is 1. The Balaban J connectivity index is 2.81. The molecule has 0 aliphatic heterocycles. The zero-order chi connectivity index (χ0) is 12.1. The van der Waals surface area contributed by atoms with Crippen LogP contribution in [0.2, 0.25) is 0 Å². The number of ether oxygens (including phenoxy) is 1. The van der Waals surface area contributed by atoms with Gasteiger partial charge in [0.25, 0.3) is 0 Å². The fraction of sp³-hybridized carbons (Fsp3) is 0.222. The Morgan fingerprint density at radius 1 is 1.69 bits per heavy atom. The summed E-state index contributed by atoms with van der Waals surface area (Å²) in [6.07, 6.45) is 1.36. The molecule has 0 saturated heterocycles. The van der Waals surface area contributed by atoms with E-state index in [9.17, 15) is 14.9 Å². The first-order valence-corrected chi connectivity index (χ1v) is 5.24. The van der Waals surface area contributed by atoms with E-state index in [1.54, 1.807) is 6.92 Å². The number of carbonyl (C=O) groups excluding carboxylic acids is 1. The lowest BCUT2D eigenvalue weighted by atomic mass is 10.3. The maximum atomic E-state index is 11.1. The van der Waals surface area contributed by atoms with E-state index >= 15 is 0 Å². The van der Waals surface area contributed by atoms with E-state index in [4.69, 9.17) is 5.73 Å². The highest BCUT2D eigenvalue weighted by Crippen LogP contribution is 2.25. The molecule has 0 unspecified atom stereocenters. The first-order valence-electron chi connectivity index (χ1n) is 4.43. The van der Waals surface area contributed by atoms with E-state index in [1.165, 1.54) is 18.2 Å². The fourth-order valence-electron chi connectivity index (χ4n) is 0.945. The van der Waals surface area contributed by atoms with Crippen LogP contribution in [0.3, 0.4) is 0 Å². The summed E-state index contributed by atoms with van der Waals surface area (Å²) in [7, 11) is 0. The van der Waals surface area contributed by atoms with E-state index in [2.05, 4.69) is 4.74 Å². The van der Waals surface area contributed by atoms with Crippen LogP contribution >= 0.6 is 11.3 Å². The van der Waals surface area contributed by atoms with Crippen LogP contribution in [0.25, 0.3) is 6.08 Å². The Morgan fingerprint density at radius 3 is 2.88 bits per heavy atom. The van der Waals surface area contributed by atoms with Crippen LogP contribution in [0.4, 0.5) is 5.00 Å². The van der Waals surface area contributed by atoms with Crippen LogP contribution in [0.1, 0.15) is 11.8 Å². The molecule has 0 amide bonds. The van der Waals surface area contributed by atoms with E-state index in [1.807, 2.05) is 0 Å². The van der Waals surface area contributed by atoms with E-state index in [0.29, 0.717) is 4.88 Å². The minimum atomic E-state index is -0.626. The molecule has 0 aromatic carbocycles. The minimum Gasteiger partial charge on any atom is -0.461 e. The molecule has 0 saturated carbocycles. The molecule has 1 rings (SSSR count).